The average molecular weight is 472 g/mol. The molecule has 3 aromatic rings. The zero-order valence-corrected chi connectivity index (χ0v) is 19.7. The van der Waals surface area contributed by atoms with Crippen LogP contribution in [0, 0.1) is 5.92 Å². The van der Waals surface area contributed by atoms with Gasteiger partial charge in [-0.1, -0.05) is 25.6 Å². The molecule has 0 radical (unpaired) electrons. The second-order valence-electron chi connectivity index (χ2n) is 7.95. The van der Waals surface area contributed by atoms with Crippen molar-refractivity contribution >= 4 is 50.9 Å². The number of anilines is 1. The van der Waals surface area contributed by atoms with Crippen molar-refractivity contribution in [3.8, 4) is 0 Å². The molecule has 0 spiro atoms. The molecule has 1 atom stereocenters. The van der Waals surface area contributed by atoms with Gasteiger partial charge in [0.15, 0.2) is 5.16 Å². The highest BCUT2D eigenvalue weighted by molar-refractivity contribution is 7.99. The van der Waals surface area contributed by atoms with E-state index in [1.807, 2.05) is 6.92 Å². The summed E-state index contributed by atoms with van der Waals surface area (Å²) in [4.78, 5) is 46.3. The number of fused-ring (bicyclic) bond motifs is 3. The van der Waals surface area contributed by atoms with Gasteiger partial charge in [0.25, 0.3) is 5.56 Å². The Hall–Kier alpha value is -2.65. The van der Waals surface area contributed by atoms with Crippen LogP contribution in [0.5, 0.6) is 0 Å². The molecule has 7 nitrogen and oxygen atoms in total. The van der Waals surface area contributed by atoms with Crippen molar-refractivity contribution in [2.75, 3.05) is 17.7 Å². The van der Waals surface area contributed by atoms with E-state index in [1.165, 1.54) is 16.6 Å². The topological polar surface area (TPSA) is 101 Å². The molecule has 9 heteroatoms. The Morgan fingerprint density at radius 2 is 2.09 bits per heavy atom. The second kappa shape index (κ2) is 9.87. The fraction of sp³-hybridized carbons (Fsp3) is 0.391. The van der Waals surface area contributed by atoms with E-state index in [1.54, 1.807) is 35.6 Å². The van der Waals surface area contributed by atoms with E-state index in [9.17, 15) is 14.4 Å². The van der Waals surface area contributed by atoms with Crippen LogP contribution in [0.1, 0.15) is 47.5 Å². The quantitative estimate of drug-likeness (QED) is 0.301. The monoisotopic (exact) mass is 471 g/mol. The number of hydrogen-bond acceptors (Lipinski definition) is 7. The maximum absolute atomic E-state index is 12.7. The Balaban J connectivity index is 1.38. The molecule has 1 unspecified atom stereocenters. The summed E-state index contributed by atoms with van der Waals surface area (Å²) in [6.07, 6.45) is 3.77. The predicted octanol–water partition coefficient (Wildman–Crippen LogP) is 4.41. The number of nitrogens with zero attached hydrogens (tertiary/aromatic N) is 1. The highest BCUT2D eigenvalue weighted by Gasteiger charge is 2.23. The third-order valence-electron chi connectivity index (χ3n) is 5.33. The number of amides is 1. The van der Waals surface area contributed by atoms with Gasteiger partial charge < -0.3 is 15.0 Å². The van der Waals surface area contributed by atoms with Gasteiger partial charge in [-0.15, -0.1) is 11.3 Å². The summed E-state index contributed by atoms with van der Waals surface area (Å²) in [5, 5.41) is 3.94. The lowest BCUT2D eigenvalue weighted by Gasteiger charge is -2.17. The van der Waals surface area contributed by atoms with E-state index in [-0.39, 0.29) is 23.2 Å². The molecule has 0 saturated carbocycles. The summed E-state index contributed by atoms with van der Waals surface area (Å²) >= 11 is 2.79. The van der Waals surface area contributed by atoms with Gasteiger partial charge in [-0.05, 0) is 61.4 Å². The molecule has 1 aliphatic rings. The van der Waals surface area contributed by atoms with E-state index in [0.717, 1.165) is 36.1 Å². The first-order chi connectivity index (χ1) is 15.4. The Labute approximate surface area is 194 Å². The number of H-pyrrole nitrogens is 1. The largest absolute Gasteiger partial charge is 0.462 e. The van der Waals surface area contributed by atoms with Crippen molar-refractivity contribution in [2.45, 2.75) is 44.7 Å². The summed E-state index contributed by atoms with van der Waals surface area (Å²) in [7, 11) is 0. The summed E-state index contributed by atoms with van der Waals surface area (Å²) in [6, 6.07) is 6.56. The number of ether oxygens (including phenoxy) is 1. The first-order valence-electron chi connectivity index (χ1n) is 10.7. The van der Waals surface area contributed by atoms with Crippen molar-refractivity contribution < 1.29 is 14.3 Å². The molecule has 1 aromatic carbocycles. The fourth-order valence-corrected chi connectivity index (χ4v) is 5.80. The third-order valence-corrected chi connectivity index (χ3v) is 7.35. The van der Waals surface area contributed by atoms with Crippen LogP contribution in [0.15, 0.2) is 34.2 Å². The van der Waals surface area contributed by atoms with E-state index in [0.29, 0.717) is 34.3 Å². The normalized spacial score (nSPS) is 15.4. The molecule has 0 bridgehead atoms. The number of hydrogen-bond donors (Lipinski definition) is 2. The van der Waals surface area contributed by atoms with E-state index in [2.05, 4.69) is 22.2 Å². The number of aromatic nitrogens is 2. The molecule has 4 rings (SSSR count). The lowest BCUT2D eigenvalue weighted by Crippen LogP contribution is -2.16. The zero-order chi connectivity index (χ0) is 22.7. The zero-order valence-electron chi connectivity index (χ0n) is 18.0. The molecular weight excluding hydrogens is 446 g/mol. The van der Waals surface area contributed by atoms with Crippen LogP contribution in [-0.4, -0.2) is 34.2 Å². The van der Waals surface area contributed by atoms with Gasteiger partial charge in [0.2, 0.25) is 5.91 Å². The van der Waals surface area contributed by atoms with E-state index < -0.39 is 0 Å². The predicted molar refractivity (Wildman–Crippen MR) is 128 cm³/mol. The van der Waals surface area contributed by atoms with Gasteiger partial charge in [-0.2, -0.15) is 0 Å². The molecule has 32 heavy (non-hydrogen) atoms. The van der Waals surface area contributed by atoms with E-state index >= 15 is 0 Å². The van der Waals surface area contributed by atoms with E-state index in [4.69, 9.17) is 4.74 Å². The standard InChI is InChI=1S/C23H25N3O4S2/c1-3-10-30-22(29)14-5-7-15(8-6-14)24-18(27)12-31-23-25-20(28)19-16-9-4-13(2)11-17(16)32-21(19)26-23/h5-8,13H,3-4,9-12H2,1-2H3,(H,24,27)(H,25,26,28). The summed E-state index contributed by atoms with van der Waals surface area (Å²) in [6.45, 7) is 4.54. The van der Waals surface area contributed by atoms with Gasteiger partial charge in [-0.3, -0.25) is 9.59 Å². The molecule has 0 saturated heterocycles. The molecule has 2 N–H and O–H groups in total. The number of aromatic amines is 1. The molecule has 0 aliphatic heterocycles. The van der Waals surface area contributed by atoms with Crippen LogP contribution in [0.3, 0.4) is 0 Å². The number of rotatable bonds is 7. The van der Waals surface area contributed by atoms with Gasteiger partial charge in [0.05, 0.1) is 23.3 Å². The molecular formula is C23H25N3O4S2. The average Bonchev–Trinajstić information content (AvgIpc) is 3.14. The number of thiophene rings is 1. The Morgan fingerprint density at radius 3 is 2.84 bits per heavy atom. The van der Waals surface area contributed by atoms with Crippen LogP contribution in [0.4, 0.5) is 5.69 Å². The van der Waals surface area contributed by atoms with Gasteiger partial charge >= 0.3 is 5.97 Å². The number of nitrogens with one attached hydrogen (secondary N) is 2. The fourth-order valence-electron chi connectivity index (χ4n) is 3.70. The Kier molecular flexibility index (Phi) is 6.95. The number of esters is 1. The minimum atomic E-state index is -0.379. The Bertz CT molecular complexity index is 1200. The van der Waals surface area contributed by atoms with Crippen LogP contribution in [-0.2, 0) is 22.4 Å². The minimum absolute atomic E-state index is 0.108. The van der Waals surface area contributed by atoms with Crippen molar-refractivity contribution in [1.82, 2.24) is 9.97 Å². The second-order valence-corrected chi connectivity index (χ2v) is 10.0. The summed E-state index contributed by atoms with van der Waals surface area (Å²) in [5.74, 6) is 0.133. The maximum atomic E-state index is 12.7. The number of carbonyl (C=O) groups is 2. The van der Waals surface area contributed by atoms with Crippen molar-refractivity contribution in [3.63, 3.8) is 0 Å². The van der Waals surface area contributed by atoms with Crippen molar-refractivity contribution in [3.05, 3.63) is 50.6 Å². The molecule has 2 aromatic heterocycles. The van der Waals surface area contributed by atoms with Gasteiger partial charge in [0, 0.05) is 10.6 Å². The SMILES string of the molecule is CCCOC(=O)c1ccc(NC(=O)CSc2nc3sc4c(c3c(=O)[nH]2)CCC(C)C4)cc1. The smallest absolute Gasteiger partial charge is 0.338 e. The Morgan fingerprint density at radius 1 is 1.31 bits per heavy atom. The number of carbonyl (C=O) groups excluding carboxylic acids is 2. The summed E-state index contributed by atoms with van der Waals surface area (Å²) in [5.41, 5.74) is 2.04. The van der Waals surface area contributed by atoms with Crippen LogP contribution in [0.25, 0.3) is 10.2 Å². The highest BCUT2D eigenvalue weighted by Crippen LogP contribution is 2.36. The first-order valence-corrected chi connectivity index (χ1v) is 12.5. The minimum Gasteiger partial charge on any atom is -0.462 e. The summed E-state index contributed by atoms with van der Waals surface area (Å²) < 4.78 is 5.09. The highest BCUT2D eigenvalue weighted by atomic mass is 32.2. The molecule has 1 amide bonds. The van der Waals surface area contributed by atoms with Gasteiger partial charge in [-0.25, -0.2) is 9.78 Å². The van der Waals surface area contributed by atoms with Crippen LogP contribution >= 0.6 is 23.1 Å². The van der Waals surface area contributed by atoms with Crippen molar-refractivity contribution in [1.29, 1.82) is 0 Å². The van der Waals surface area contributed by atoms with Gasteiger partial charge in [0.1, 0.15) is 4.83 Å². The number of thioether (sulfide) groups is 1. The molecule has 0 fully saturated rings. The first kappa shape index (κ1) is 22.5. The number of aryl methyl sites for hydroxylation is 1. The lowest BCUT2D eigenvalue weighted by molar-refractivity contribution is -0.113. The van der Waals surface area contributed by atoms with Crippen molar-refractivity contribution in [2.24, 2.45) is 5.92 Å². The number of benzene rings is 1. The third kappa shape index (κ3) is 5.05. The maximum Gasteiger partial charge on any atom is 0.338 e. The lowest BCUT2D eigenvalue weighted by atomic mass is 9.89. The van der Waals surface area contributed by atoms with Crippen LogP contribution < -0.4 is 10.9 Å². The molecule has 2 heterocycles. The molecule has 168 valence electrons. The van der Waals surface area contributed by atoms with Crippen LogP contribution in [0.2, 0.25) is 0 Å². The molecule has 1 aliphatic carbocycles.